The maximum absolute atomic E-state index is 12.4. The first-order valence-electron chi connectivity index (χ1n) is 9.29. The highest BCUT2D eigenvalue weighted by atomic mass is 16.6. The van der Waals surface area contributed by atoms with Crippen molar-refractivity contribution in [2.75, 3.05) is 13.2 Å². The van der Waals surface area contributed by atoms with Gasteiger partial charge in [-0.2, -0.15) is 0 Å². The average Bonchev–Trinajstić information content (AvgIpc) is 3.32. The third-order valence-corrected chi connectivity index (χ3v) is 4.17. The van der Waals surface area contributed by atoms with E-state index in [1.165, 1.54) is 0 Å². The summed E-state index contributed by atoms with van der Waals surface area (Å²) in [6, 6.07) is 9.22. The molecule has 8 heteroatoms. The van der Waals surface area contributed by atoms with Crippen LogP contribution >= 0.6 is 0 Å². The number of nitrogens with one attached hydrogen (secondary N) is 2. The molecule has 2 rings (SSSR count). The van der Waals surface area contributed by atoms with Gasteiger partial charge in [0.15, 0.2) is 0 Å². The van der Waals surface area contributed by atoms with Crippen molar-refractivity contribution in [3.05, 3.63) is 35.9 Å². The van der Waals surface area contributed by atoms with Gasteiger partial charge in [0.05, 0.1) is 6.61 Å². The quantitative estimate of drug-likeness (QED) is 0.546. The zero-order valence-electron chi connectivity index (χ0n) is 16.7. The van der Waals surface area contributed by atoms with Crippen LogP contribution in [-0.2, 0) is 25.6 Å². The van der Waals surface area contributed by atoms with E-state index < -0.39 is 29.3 Å². The molecule has 154 valence electrons. The molecule has 0 spiro atoms. The maximum atomic E-state index is 12.4. The van der Waals surface area contributed by atoms with Gasteiger partial charge in [-0.3, -0.25) is 0 Å². The first kappa shape index (κ1) is 21.5. The van der Waals surface area contributed by atoms with Crippen molar-refractivity contribution in [2.45, 2.75) is 51.9 Å². The summed E-state index contributed by atoms with van der Waals surface area (Å²) in [6.07, 6.45) is -0.942. The van der Waals surface area contributed by atoms with E-state index in [0.29, 0.717) is 6.42 Å². The van der Waals surface area contributed by atoms with Crippen LogP contribution in [0.2, 0.25) is 0 Å². The predicted molar refractivity (Wildman–Crippen MR) is 101 cm³/mol. The molecule has 0 bridgehead atoms. The van der Waals surface area contributed by atoms with Crippen molar-refractivity contribution in [3.63, 3.8) is 0 Å². The van der Waals surface area contributed by atoms with E-state index in [9.17, 15) is 14.4 Å². The van der Waals surface area contributed by atoms with Crippen LogP contribution in [0, 0.1) is 5.92 Å². The zero-order chi connectivity index (χ0) is 20.8. The van der Waals surface area contributed by atoms with Crippen LogP contribution in [0.3, 0.4) is 0 Å². The fraction of sp³-hybridized carbons (Fsp3) is 0.550. The van der Waals surface area contributed by atoms with Gasteiger partial charge in [0.1, 0.15) is 17.7 Å². The Kier molecular flexibility index (Phi) is 6.88. The van der Waals surface area contributed by atoms with Crippen LogP contribution < -0.4 is 10.6 Å². The van der Waals surface area contributed by atoms with E-state index in [1.54, 1.807) is 27.7 Å². The van der Waals surface area contributed by atoms with Crippen LogP contribution in [0.5, 0.6) is 0 Å². The fourth-order valence-corrected chi connectivity index (χ4v) is 2.75. The Morgan fingerprint density at radius 2 is 1.79 bits per heavy atom. The highest BCUT2D eigenvalue weighted by molar-refractivity contribution is 5.89. The Morgan fingerprint density at radius 1 is 1.11 bits per heavy atom. The van der Waals surface area contributed by atoms with Crippen molar-refractivity contribution in [2.24, 2.45) is 5.92 Å². The summed E-state index contributed by atoms with van der Waals surface area (Å²) in [5.41, 5.74) is -0.980. The van der Waals surface area contributed by atoms with Gasteiger partial charge in [-0.15, -0.1) is 0 Å². The number of hydrogen-bond donors (Lipinski definition) is 2. The molecule has 2 N–H and O–H groups in total. The minimum absolute atomic E-state index is 0.0897. The SMILES string of the molecule is CCOC(=O)[C@]1(NC(=O)OCc2ccccc2)C[C@@H]1CNC(=O)OC(C)(C)C. The third kappa shape index (κ3) is 6.14. The smallest absolute Gasteiger partial charge is 0.408 e. The summed E-state index contributed by atoms with van der Waals surface area (Å²) in [7, 11) is 0. The summed E-state index contributed by atoms with van der Waals surface area (Å²) in [4.78, 5) is 36.4. The van der Waals surface area contributed by atoms with Gasteiger partial charge in [-0.25, -0.2) is 14.4 Å². The van der Waals surface area contributed by atoms with Gasteiger partial charge >= 0.3 is 18.2 Å². The van der Waals surface area contributed by atoms with Crippen molar-refractivity contribution in [3.8, 4) is 0 Å². The topological polar surface area (TPSA) is 103 Å². The van der Waals surface area contributed by atoms with Gasteiger partial charge in [-0.05, 0) is 39.7 Å². The van der Waals surface area contributed by atoms with Crippen LogP contribution in [0.25, 0.3) is 0 Å². The Morgan fingerprint density at radius 3 is 2.39 bits per heavy atom. The van der Waals surface area contributed by atoms with E-state index >= 15 is 0 Å². The fourth-order valence-electron chi connectivity index (χ4n) is 2.75. The molecule has 8 nitrogen and oxygen atoms in total. The van der Waals surface area contributed by atoms with E-state index in [0.717, 1.165) is 5.56 Å². The summed E-state index contributed by atoms with van der Waals surface area (Å²) in [5, 5.41) is 5.24. The number of carbonyl (C=O) groups excluding carboxylic acids is 3. The summed E-state index contributed by atoms with van der Waals surface area (Å²) < 4.78 is 15.5. The van der Waals surface area contributed by atoms with Gasteiger partial charge in [0.2, 0.25) is 0 Å². The normalized spacial score (nSPS) is 20.6. The molecular formula is C20H28N2O6. The molecule has 0 heterocycles. The molecule has 1 fully saturated rings. The largest absolute Gasteiger partial charge is 0.464 e. The average molecular weight is 392 g/mol. The number of rotatable bonds is 7. The second kappa shape index (κ2) is 8.95. The molecular weight excluding hydrogens is 364 g/mol. The highest BCUT2D eigenvalue weighted by Crippen LogP contribution is 2.44. The molecule has 0 aromatic heterocycles. The lowest BCUT2D eigenvalue weighted by Gasteiger charge is -2.21. The molecule has 1 saturated carbocycles. The van der Waals surface area contributed by atoms with Crippen molar-refractivity contribution in [1.29, 1.82) is 0 Å². The molecule has 28 heavy (non-hydrogen) atoms. The Hall–Kier alpha value is -2.77. The summed E-state index contributed by atoms with van der Waals surface area (Å²) in [6.45, 7) is 7.42. The highest BCUT2D eigenvalue weighted by Gasteiger charge is 2.62. The summed E-state index contributed by atoms with van der Waals surface area (Å²) in [5.74, 6) is -0.842. The lowest BCUT2D eigenvalue weighted by Crippen LogP contribution is -2.47. The second-order valence-electron chi connectivity index (χ2n) is 7.66. The number of hydrogen-bond acceptors (Lipinski definition) is 6. The number of esters is 1. The van der Waals surface area contributed by atoms with E-state index in [1.807, 2.05) is 30.3 Å². The maximum Gasteiger partial charge on any atom is 0.408 e. The lowest BCUT2D eigenvalue weighted by atomic mass is 10.2. The minimum Gasteiger partial charge on any atom is -0.464 e. The van der Waals surface area contributed by atoms with Crippen LogP contribution in [0.4, 0.5) is 9.59 Å². The number of ether oxygens (including phenoxy) is 3. The van der Waals surface area contributed by atoms with Gasteiger partial charge in [-0.1, -0.05) is 30.3 Å². The molecule has 1 aromatic rings. The van der Waals surface area contributed by atoms with E-state index in [2.05, 4.69) is 10.6 Å². The molecule has 0 aliphatic heterocycles. The predicted octanol–water partition coefficient (Wildman–Crippen LogP) is 2.76. The van der Waals surface area contributed by atoms with E-state index in [4.69, 9.17) is 14.2 Å². The Bertz CT molecular complexity index is 700. The van der Waals surface area contributed by atoms with Crippen molar-refractivity contribution < 1.29 is 28.6 Å². The molecule has 0 radical (unpaired) electrons. The van der Waals surface area contributed by atoms with E-state index in [-0.39, 0.29) is 25.7 Å². The number of benzene rings is 1. The molecule has 2 amide bonds. The molecule has 0 unspecified atom stereocenters. The van der Waals surface area contributed by atoms with Crippen LogP contribution in [0.1, 0.15) is 39.7 Å². The minimum atomic E-state index is -1.20. The lowest BCUT2D eigenvalue weighted by molar-refractivity contribution is -0.147. The number of alkyl carbamates (subject to hydrolysis) is 2. The monoisotopic (exact) mass is 392 g/mol. The van der Waals surface area contributed by atoms with Gasteiger partial charge < -0.3 is 24.8 Å². The zero-order valence-corrected chi connectivity index (χ0v) is 16.7. The van der Waals surface area contributed by atoms with Crippen molar-refractivity contribution in [1.82, 2.24) is 10.6 Å². The Balaban J connectivity index is 1.90. The van der Waals surface area contributed by atoms with Crippen LogP contribution in [-0.4, -0.2) is 42.4 Å². The number of amides is 2. The third-order valence-electron chi connectivity index (χ3n) is 4.17. The van der Waals surface area contributed by atoms with Gasteiger partial charge in [0, 0.05) is 12.5 Å². The summed E-state index contributed by atoms with van der Waals surface area (Å²) >= 11 is 0. The van der Waals surface area contributed by atoms with Gasteiger partial charge in [0.25, 0.3) is 0 Å². The molecule has 1 aliphatic rings. The van der Waals surface area contributed by atoms with Crippen molar-refractivity contribution >= 4 is 18.2 Å². The first-order valence-corrected chi connectivity index (χ1v) is 9.29. The first-order chi connectivity index (χ1) is 13.2. The Labute approximate surface area is 164 Å². The number of carbonyl (C=O) groups is 3. The standard InChI is InChI=1S/C20H28N2O6/c1-5-26-16(23)20(11-15(20)12-21-17(24)28-19(2,3)4)22-18(25)27-13-14-9-7-6-8-10-14/h6-10,15H,5,11-13H2,1-4H3,(H,21,24)(H,22,25)/t15-,20+/m1/s1. The molecule has 1 aromatic carbocycles. The molecule has 1 aliphatic carbocycles. The molecule has 0 saturated heterocycles. The van der Waals surface area contributed by atoms with Crippen LogP contribution in [0.15, 0.2) is 30.3 Å². The second-order valence-corrected chi connectivity index (χ2v) is 7.66. The molecule has 2 atom stereocenters.